The summed E-state index contributed by atoms with van der Waals surface area (Å²) in [5.41, 5.74) is 5.31. The van der Waals surface area contributed by atoms with Gasteiger partial charge in [-0.1, -0.05) is 55.4 Å². The molecule has 3 rings (SSSR count). The van der Waals surface area contributed by atoms with Gasteiger partial charge in [-0.3, -0.25) is 0 Å². The standard InChI is InChI=1S/C27H35O2.C5H5.Fe/c1-21(15-16-25-23(3)12-9-18-27(25,4)5)10-8-11-22(2)20-26(28)29-19-17-24-13-6-7-14-24;1-2-4-5-3-1;/h6-8,10-11,13-16,20H,9,12,17-19H2,1-5H3;1-5H;/q;;+2/b11-8+,16-15+,21-10+,22-20+;;. The van der Waals surface area contributed by atoms with Crippen LogP contribution in [0.15, 0.2) is 58.7 Å². The summed E-state index contributed by atoms with van der Waals surface area (Å²) in [4.78, 5) is 11.9. The smallest absolute Gasteiger partial charge is 0.463 e. The van der Waals surface area contributed by atoms with Gasteiger partial charge in [0.15, 0.2) is 0 Å². The predicted molar refractivity (Wildman–Crippen MR) is 144 cm³/mol. The van der Waals surface area contributed by atoms with Crippen LogP contribution in [0.2, 0.25) is 0 Å². The van der Waals surface area contributed by atoms with Crippen LogP contribution in [0.1, 0.15) is 60.3 Å². The summed E-state index contributed by atoms with van der Waals surface area (Å²) in [7, 11) is 0. The van der Waals surface area contributed by atoms with Crippen LogP contribution in [0.4, 0.5) is 0 Å². The normalized spacial score (nSPS) is 21.3. The third-order valence-corrected chi connectivity index (χ3v) is 6.04. The molecule has 0 heterocycles. The van der Waals surface area contributed by atoms with Gasteiger partial charge in [0.2, 0.25) is 0 Å². The van der Waals surface area contributed by atoms with E-state index in [1.807, 2.05) is 76.9 Å². The van der Waals surface area contributed by atoms with Gasteiger partial charge in [-0.05, 0) is 127 Å². The van der Waals surface area contributed by atoms with E-state index in [0.717, 1.165) is 12.0 Å². The maximum atomic E-state index is 11.9. The summed E-state index contributed by atoms with van der Waals surface area (Å²) >= 11 is 0. The van der Waals surface area contributed by atoms with Gasteiger partial charge in [0.1, 0.15) is 0 Å². The van der Waals surface area contributed by atoms with Crippen molar-refractivity contribution in [3.05, 3.63) is 122 Å². The van der Waals surface area contributed by atoms with Crippen molar-refractivity contribution in [3.8, 4) is 0 Å². The van der Waals surface area contributed by atoms with Crippen LogP contribution in [-0.2, 0) is 26.6 Å². The zero-order valence-electron chi connectivity index (χ0n) is 21.9. The van der Waals surface area contributed by atoms with Crippen molar-refractivity contribution in [2.45, 2.75) is 60.3 Å². The van der Waals surface area contributed by atoms with Crippen molar-refractivity contribution in [3.63, 3.8) is 0 Å². The quantitative estimate of drug-likeness (QED) is 0.143. The third-order valence-electron chi connectivity index (χ3n) is 6.04. The van der Waals surface area contributed by atoms with Crippen molar-refractivity contribution in [2.24, 2.45) is 5.41 Å². The van der Waals surface area contributed by atoms with Gasteiger partial charge >= 0.3 is 23.0 Å². The Bertz CT molecular complexity index is 777. The molecule has 3 aliphatic rings. The Morgan fingerprint density at radius 3 is 2.20 bits per heavy atom. The Morgan fingerprint density at radius 1 is 0.971 bits per heavy atom. The molecule has 3 aliphatic carbocycles. The molecule has 35 heavy (non-hydrogen) atoms. The number of rotatable bonds is 8. The van der Waals surface area contributed by atoms with Gasteiger partial charge in [0, 0.05) is 6.08 Å². The molecule has 0 aliphatic heterocycles. The van der Waals surface area contributed by atoms with Crippen LogP contribution >= 0.6 is 0 Å². The first kappa shape index (κ1) is 31.7. The first-order valence-corrected chi connectivity index (χ1v) is 12.2. The second-order valence-corrected chi connectivity index (χ2v) is 9.60. The minimum atomic E-state index is -0.291. The summed E-state index contributed by atoms with van der Waals surface area (Å²) in [6.07, 6.45) is 34.5. The van der Waals surface area contributed by atoms with Gasteiger partial charge in [-0.25, -0.2) is 4.79 Å². The predicted octanol–water partition coefficient (Wildman–Crippen LogP) is 7.88. The molecule has 0 N–H and O–H groups in total. The van der Waals surface area contributed by atoms with E-state index in [1.54, 1.807) is 6.08 Å². The molecule has 0 bridgehead atoms. The molecule has 0 unspecified atom stereocenters. The van der Waals surface area contributed by atoms with E-state index in [2.05, 4.69) is 45.9 Å². The van der Waals surface area contributed by atoms with Crippen LogP contribution < -0.4 is 0 Å². The fourth-order valence-electron chi connectivity index (χ4n) is 4.08. The van der Waals surface area contributed by atoms with E-state index in [1.165, 1.54) is 41.9 Å². The number of allylic oxidation sites excluding steroid dienone is 9. The van der Waals surface area contributed by atoms with Crippen molar-refractivity contribution in [1.82, 2.24) is 0 Å². The fraction of sp³-hybridized carbons (Fsp3) is 0.344. The molecule has 2 fully saturated rings. The molecular formula is C32H40FeO2+2. The van der Waals surface area contributed by atoms with E-state index in [4.69, 9.17) is 4.74 Å². The molecule has 2 nitrogen and oxygen atoms in total. The summed E-state index contributed by atoms with van der Waals surface area (Å²) in [6.45, 7) is 11.3. The van der Waals surface area contributed by atoms with Gasteiger partial charge in [0.25, 0.3) is 0 Å². The number of hydrogen-bond donors (Lipinski definition) is 0. The van der Waals surface area contributed by atoms with Crippen molar-refractivity contribution >= 4 is 5.97 Å². The maximum absolute atomic E-state index is 11.9. The minimum Gasteiger partial charge on any atom is -0.463 e. The summed E-state index contributed by atoms with van der Waals surface area (Å²) < 4.78 is 5.27. The molecule has 186 valence electrons. The molecule has 0 aromatic heterocycles. The molecular weight excluding hydrogens is 472 g/mol. The van der Waals surface area contributed by atoms with E-state index in [9.17, 15) is 4.79 Å². The second kappa shape index (κ2) is 17.2. The van der Waals surface area contributed by atoms with E-state index in [0.29, 0.717) is 6.61 Å². The summed E-state index contributed by atoms with van der Waals surface area (Å²) in [5, 5.41) is 0. The van der Waals surface area contributed by atoms with Gasteiger partial charge < -0.3 is 4.74 Å². The fourth-order valence-corrected chi connectivity index (χ4v) is 4.08. The Labute approximate surface area is 226 Å². The van der Waals surface area contributed by atoms with Crippen LogP contribution in [0.3, 0.4) is 0 Å². The Balaban J connectivity index is 0.000000904. The number of carbonyl (C=O) groups excluding carboxylic acids is 1. The Kier molecular flexibility index (Phi) is 15.6. The first-order valence-electron chi connectivity index (χ1n) is 12.2. The molecule has 0 amide bonds. The van der Waals surface area contributed by atoms with Crippen LogP contribution in [0.25, 0.3) is 0 Å². The van der Waals surface area contributed by atoms with Gasteiger partial charge in [-0.2, -0.15) is 0 Å². The zero-order chi connectivity index (χ0) is 24.8. The zero-order valence-corrected chi connectivity index (χ0v) is 23.0. The molecule has 0 aromatic carbocycles. The van der Waals surface area contributed by atoms with Crippen LogP contribution in [-0.4, -0.2) is 12.6 Å². The second-order valence-electron chi connectivity index (χ2n) is 9.60. The van der Waals surface area contributed by atoms with Crippen LogP contribution in [0.5, 0.6) is 0 Å². The number of ether oxygens (including phenoxy) is 1. The van der Waals surface area contributed by atoms with E-state index < -0.39 is 0 Å². The van der Waals surface area contributed by atoms with E-state index in [-0.39, 0.29) is 28.5 Å². The average Bonchev–Trinajstić information content (AvgIpc) is 3.50. The Morgan fingerprint density at radius 2 is 1.60 bits per heavy atom. The first-order chi connectivity index (χ1) is 16.3. The SMILES string of the molecule is CC1=C(/C=C/C(C)=C/C=C/C(C)=C/C(=O)OCC[C]2[CH][CH][CH][CH]2)C(C)(C)CCC1.[CH]1[CH][CH][CH][CH]1.[Fe+2]. The molecule has 3 heteroatoms. The average molecular weight is 513 g/mol. The molecule has 0 spiro atoms. The topological polar surface area (TPSA) is 26.3 Å². The third kappa shape index (κ3) is 13.0. The maximum Gasteiger partial charge on any atom is 2.00 e. The van der Waals surface area contributed by atoms with E-state index >= 15 is 0 Å². The molecule has 0 aromatic rings. The number of esters is 1. The van der Waals surface area contributed by atoms with Crippen LogP contribution in [0, 0.1) is 69.1 Å². The van der Waals surface area contributed by atoms with Gasteiger partial charge in [0.05, 0.1) is 6.61 Å². The molecule has 10 radical (unpaired) electrons. The molecule has 0 atom stereocenters. The molecule has 2 saturated carbocycles. The van der Waals surface area contributed by atoms with Crippen molar-refractivity contribution in [1.29, 1.82) is 0 Å². The summed E-state index contributed by atoms with van der Waals surface area (Å²) in [6, 6.07) is 0. The number of hydrogen-bond acceptors (Lipinski definition) is 2. The Hall–Kier alpha value is -1.31. The monoisotopic (exact) mass is 512 g/mol. The van der Waals surface area contributed by atoms with Crippen molar-refractivity contribution in [2.75, 3.05) is 6.61 Å². The van der Waals surface area contributed by atoms with Gasteiger partial charge in [-0.15, -0.1) is 0 Å². The summed E-state index contributed by atoms with van der Waals surface area (Å²) in [5.74, 6) is 0.899. The van der Waals surface area contributed by atoms with Crippen molar-refractivity contribution < 1.29 is 26.6 Å². The molecule has 0 saturated heterocycles. The largest absolute Gasteiger partial charge is 2.00 e. The number of carbonyl (C=O) groups is 1. The minimum absolute atomic E-state index is 0.